The van der Waals surface area contributed by atoms with Gasteiger partial charge in [0.05, 0.1) is 6.20 Å². The lowest BCUT2D eigenvalue weighted by Gasteiger charge is -2.22. The highest BCUT2D eigenvalue weighted by molar-refractivity contribution is 5.14. The molecule has 1 saturated heterocycles. The summed E-state index contributed by atoms with van der Waals surface area (Å²) in [6.07, 6.45) is 7.79. The summed E-state index contributed by atoms with van der Waals surface area (Å²) in [5, 5.41) is 7.38. The molecule has 1 unspecified atom stereocenters. The summed E-state index contributed by atoms with van der Waals surface area (Å²) in [5.74, 6) is 1.08. The summed E-state index contributed by atoms with van der Waals surface area (Å²) >= 11 is 0. The molecule has 1 aromatic rings. The molecule has 3 heteroatoms. The lowest BCUT2D eigenvalue weighted by molar-refractivity contribution is 0.335. The van der Waals surface area contributed by atoms with Crippen LogP contribution in [0.2, 0.25) is 0 Å². The van der Waals surface area contributed by atoms with E-state index in [1.54, 1.807) is 0 Å². The average Bonchev–Trinajstić information content (AvgIpc) is 2.67. The van der Waals surface area contributed by atoms with Gasteiger partial charge < -0.3 is 9.84 Å². The zero-order valence-electron chi connectivity index (χ0n) is 8.75. The molecule has 0 saturated carbocycles. The number of rotatable bonds is 3. The molecule has 14 heavy (non-hydrogen) atoms. The minimum absolute atomic E-state index is 0.599. The maximum Gasteiger partial charge on any atom is 0.141 e. The third-order valence-electron chi connectivity index (χ3n) is 2.95. The predicted molar refractivity (Wildman–Crippen MR) is 55.2 cm³/mol. The van der Waals surface area contributed by atoms with E-state index in [4.69, 9.17) is 4.52 Å². The van der Waals surface area contributed by atoms with E-state index < -0.39 is 0 Å². The van der Waals surface area contributed by atoms with Crippen molar-refractivity contribution in [3.05, 3.63) is 17.5 Å². The van der Waals surface area contributed by atoms with Crippen LogP contribution in [0.25, 0.3) is 0 Å². The van der Waals surface area contributed by atoms with E-state index in [-0.39, 0.29) is 0 Å². The molecule has 0 aromatic carbocycles. The minimum atomic E-state index is 0.599. The van der Waals surface area contributed by atoms with E-state index >= 15 is 0 Å². The molecular formula is C11H18N2O. The summed E-state index contributed by atoms with van der Waals surface area (Å²) in [4.78, 5) is 0. The molecule has 0 radical (unpaired) electrons. The van der Waals surface area contributed by atoms with E-state index in [1.807, 2.05) is 6.20 Å². The summed E-state index contributed by atoms with van der Waals surface area (Å²) in [6.45, 7) is 3.30. The Hall–Kier alpha value is -0.830. The van der Waals surface area contributed by atoms with Crippen LogP contribution in [0.5, 0.6) is 0 Å². The highest BCUT2D eigenvalue weighted by atomic mass is 16.5. The van der Waals surface area contributed by atoms with Crippen molar-refractivity contribution < 1.29 is 4.52 Å². The number of piperidine rings is 1. The second-order valence-electron chi connectivity index (χ2n) is 3.98. The van der Waals surface area contributed by atoms with Crippen LogP contribution in [0, 0.1) is 0 Å². The van der Waals surface area contributed by atoms with Crippen molar-refractivity contribution in [1.82, 2.24) is 10.5 Å². The number of nitrogens with zero attached hydrogens (tertiary/aromatic N) is 1. The molecule has 2 rings (SSSR count). The van der Waals surface area contributed by atoms with E-state index in [9.17, 15) is 0 Å². The molecule has 0 amide bonds. The van der Waals surface area contributed by atoms with Crippen LogP contribution in [0.1, 0.15) is 37.5 Å². The van der Waals surface area contributed by atoms with Crippen molar-refractivity contribution >= 4 is 0 Å². The van der Waals surface area contributed by atoms with Crippen LogP contribution in [0.3, 0.4) is 0 Å². The number of aryl methyl sites for hydroxylation is 1. The van der Waals surface area contributed by atoms with Gasteiger partial charge in [0.25, 0.3) is 0 Å². The maximum absolute atomic E-state index is 5.27. The van der Waals surface area contributed by atoms with Gasteiger partial charge in [-0.05, 0) is 25.8 Å². The molecule has 0 spiro atoms. The fraction of sp³-hybridized carbons (Fsp3) is 0.727. The van der Waals surface area contributed by atoms with Crippen LogP contribution in [-0.2, 0) is 12.8 Å². The zero-order valence-corrected chi connectivity index (χ0v) is 8.75. The SMILES string of the molecule is CCc1cnoc1CC1CCCCN1. The Bertz CT molecular complexity index is 277. The second-order valence-corrected chi connectivity index (χ2v) is 3.98. The highest BCUT2D eigenvalue weighted by Gasteiger charge is 2.16. The van der Waals surface area contributed by atoms with Crippen molar-refractivity contribution in [3.8, 4) is 0 Å². The molecule has 0 bridgehead atoms. The monoisotopic (exact) mass is 194 g/mol. The van der Waals surface area contributed by atoms with Gasteiger partial charge >= 0.3 is 0 Å². The molecule has 2 heterocycles. The third kappa shape index (κ3) is 2.15. The molecule has 1 atom stereocenters. The highest BCUT2D eigenvalue weighted by Crippen LogP contribution is 2.16. The Morgan fingerprint density at radius 3 is 3.21 bits per heavy atom. The van der Waals surface area contributed by atoms with Gasteiger partial charge in [-0.3, -0.25) is 0 Å². The average molecular weight is 194 g/mol. The van der Waals surface area contributed by atoms with Crippen molar-refractivity contribution in [1.29, 1.82) is 0 Å². The lowest BCUT2D eigenvalue weighted by Crippen LogP contribution is -2.35. The third-order valence-corrected chi connectivity index (χ3v) is 2.95. The van der Waals surface area contributed by atoms with Crippen molar-refractivity contribution in [2.75, 3.05) is 6.54 Å². The van der Waals surface area contributed by atoms with E-state index in [1.165, 1.54) is 24.8 Å². The Kier molecular flexibility index (Phi) is 3.19. The molecule has 1 fully saturated rings. The Labute approximate surface area is 84.9 Å². The number of nitrogens with one attached hydrogen (secondary N) is 1. The van der Waals surface area contributed by atoms with E-state index in [0.29, 0.717) is 6.04 Å². The van der Waals surface area contributed by atoms with Crippen LogP contribution >= 0.6 is 0 Å². The fourth-order valence-corrected chi connectivity index (χ4v) is 2.06. The van der Waals surface area contributed by atoms with Gasteiger partial charge in [0.2, 0.25) is 0 Å². The van der Waals surface area contributed by atoms with E-state index in [2.05, 4.69) is 17.4 Å². The normalized spacial score (nSPS) is 22.5. The smallest absolute Gasteiger partial charge is 0.141 e. The van der Waals surface area contributed by atoms with Crippen molar-refractivity contribution in [2.45, 2.75) is 45.1 Å². The molecule has 1 aromatic heterocycles. The standard InChI is InChI=1S/C11H18N2O/c1-2-9-8-13-14-11(9)7-10-5-3-4-6-12-10/h8,10,12H,2-7H2,1H3. The largest absolute Gasteiger partial charge is 0.361 e. The Balaban J connectivity index is 1.95. The zero-order chi connectivity index (χ0) is 9.80. The van der Waals surface area contributed by atoms with Gasteiger partial charge in [0.1, 0.15) is 5.76 Å². The topological polar surface area (TPSA) is 38.1 Å². The molecule has 78 valence electrons. The first kappa shape index (κ1) is 9.71. The quantitative estimate of drug-likeness (QED) is 0.799. The molecule has 1 N–H and O–H groups in total. The molecule has 1 aliphatic heterocycles. The van der Waals surface area contributed by atoms with Gasteiger partial charge in [-0.1, -0.05) is 18.5 Å². The molecule has 0 aliphatic carbocycles. The molecule has 3 nitrogen and oxygen atoms in total. The maximum atomic E-state index is 5.27. The summed E-state index contributed by atoms with van der Waals surface area (Å²) < 4.78 is 5.27. The second kappa shape index (κ2) is 4.60. The first-order valence-electron chi connectivity index (χ1n) is 5.56. The fourth-order valence-electron chi connectivity index (χ4n) is 2.06. The summed E-state index contributed by atoms with van der Waals surface area (Å²) in [5.41, 5.74) is 1.26. The first-order chi connectivity index (χ1) is 6.90. The van der Waals surface area contributed by atoms with Crippen molar-refractivity contribution in [2.24, 2.45) is 0 Å². The van der Waals surface area contributed by atoms with Crippen LogP contribution in [0.15, 0.2) is 10.7 Å². The van der Waals surface area contributed by atoms with Gasteiger partial charge in [-0.25, -0.2) is 0 Å². The van der Waals surface area contributed by atoms with Crippen molar-refractivity contribution in [3.63, 3.8) is 0 Å². The van der Waals surface area contributed by atoms with Crippen LogP contribution < -0.4 is 5.32 Å². The minimum Gasteiger partial charge on any atom is -0.361 e. The number of aromatic nitrogens is 1. The Morgan fingerprint density at radius 1 is 1.57 bits per heavy atom. The van der Waals surface area contributed by atoms with Gasteiger partial charge in [0, 0.05) is 18.0 Å². The van der Waals surface area contributed by atoms with Gasteiger partial charge in [0.15, 0.2) is 0 Å². The van der Waals surface area contributed by atoms with Crippen LogP contribution in [-0.4, -0.2) is 17.7 Å². The molecular weight excluding hydrogens is 176 g/mol. The lowest BCUT2D eigenvalue weighted by atomic mass is 9.99. The number of hydrogen-bond acceptors (Lipinski definition) is 3. The van der Waals surface area contributed by atoms with E-state index in [0.717, 1.165) is 25.1 Å². The predicted octanol–water partition coefficient (Wildman–Crippen LogP) is 1.92. The summed E-state index contributed by atoms with van der Waals surface area (Å²) in [7, 11) is 0. The molecule has 1 aliphatic rings. The van der Waals surface area contributed by atoms with Gasteiger partial charge in [-0.2, -0.15) is 0 Å². The Morgan fingerprint density at radius 2 is 2.50 bits per heavy atom. The number of hydrogen-bond donors (Lipinski definition) is 1. The summed E-state index contributed by atoms with van der Waals surface area (Å²) in [6, 6.07) is 0.599. The first-order valence-corrected chi connectivity index (χ1v) is 5.56. The van der Waals surface area contributed by atoms with Gasteiger partial charge in [-0.15, -0.1) is 0 Å². The van der Waals surface area contributed by atoms with Crippen LogP contribution in [0.4, 0.5) is 0 Å².